The van der Waals surface area contributed by atoms with Crippen LogP contribution in [0.5, 0.6) is 5.75 Å². The number of aliphatic carboxylic acids is 1. The minimum atomic E-state index is -1.12. The molecule has 0 fully saturated rings. The van der Waals surface area contributed by atoms with Gasteiger partial charge in [-0.1, -0.05) is 30.3 Å². The third-order valence-corrected chi connectivity index (χ3v) is 6.62. The van der Waals surface area contributed by atoms with Crippen LogP contribution in [0.25, 0.3) is 17.2 Å². The fourth-order valence-corrected chi connectivity index (χ4v) is 5.65. The monoisotopic (exact) mass is 673 g/mol. The molecule has 9 heteroatoms. The second-order valence-corrected chi connectivity index (χ2v) is 9.95. The molecule has 0 amide bonds. The first-order valence-electron chi connectivity index (χ1n) is 9.24. The topological polar surface area (TPSA) is 72.6 Å². The molecule has 0 spiro atoms. The highest BCUT2D eigenvalue weighted by Crippen LogP contribution is 2.35. The summed E-state index contributed by atoms with van der Waals surface area (Å²) in [6, 6.07) is 17.3. The van der Waals surface area contributed by atoms with Gasteiger partial charge in [0.25, 0.3) is 5.22 Å². The van der Waals surface area contributed by atoms with E-state index >= 15 is 0 Å². The first-order chi connectivity index (χ1) is 15.4. The lowest BCUT2D eigenvalue weighted by Gasteiger charge is -2.13. The van der Waals surface area contributed by atoms with E-state index in [1.54, 1.807) is 30.3 Å². The molecule has 162 valence electrons. The number of ether oxygens (including phenoxy) is 1. The maximum Gasteiger partial charge on any atom is 0.342 e. The van der Waals surface area contributed by atoms with Crippen LogP contribution in [-0.4, -0.2) is 16.1 Å². The van der Waals surface area contributed by atoms with Crippen molar-refractivity contribution in [1.29, 1.82) is 0 Å². The number of carboxylic acid groups (broad SMARTS) is 1. The van der Waals surface area contributed by atoms with Crippen LogP contribution in [0.15, 0.2) is 75.2 Å². The molecule has 0 aliphatic heterocycles. The van der Waals surface area contributed by atoms with Gasteiger partial charge in [0.1, 0.15) is 28.6 Å². The number of benzene rings is 3. The van der Waals surface area contributed by atoms with Gasteiger partial charge in [-0.15, -0.1) is 0 Å². The molecule has 0 aliphatic carbocycles. The quantitative estimate of drug-likeness (QED) is 0.130. The fourth-order valence-electron chi connectivity index (χ4n) is 2.87. The fraction of sp³-hybridized carbons (Fsp3) is 0.0435. The zero-order valence-electron chi connectivity index (χ0n) is 16.2. The molecule has 0 saturated carbocycles. The highest BCUT2D eigenvalue weighted by atomic mass is 127. The Hall–Kier alpha value is -2.12. The summed E-state index contributed by atoms with van der Waals surface area (Å²) in [7, 11) is 0. The second kappa shape index (κ2) is 10.2. The van der Waals surface area contributed by atoms with E-state index in [2.05, 4.69) is 50.2 Å². The number of rotatable bonds is 7. The number of fused-ring (bicyclic) bond motifs is 1. The number of halogens is 3. The minimum absolute atomic E-state index is 0.0186. The normalized spacial score (nSPS) is 11.7. The van der Waals surface area contributed by atoms with Gasteiger partial charge in [-0.05, 0) is 93.4 Å². The maximum atomic E-state index is 14.0. The Bertz CT molecular complexity index is 1310. The number of nitrogens with zero attached hydrogens (tertiary/aromatic N) is 1. The van der Waals surface area contributed by atoms with E-state index in [-0.39, 0.29) is 22.6 Å². The zero-order valence-corrected chi connectivity index (χ0v) is 21.4. The number of para-hydroxylation sites is 2. The molecule has 0 bridgehead atoms. The molecular weight excluding hydrogens is 659 g/mol. The van der Waals surface area contributed by atoms with Crippen LogP contribution < -0.4 is 4.74 Å². The number of carboxylic acids is 1. The molecule has 0 saturated heterocycles. The summed E-state index contributed by atoms with van der Waals surface area (Å²) < 4.78 is 27.3. The molecule has 0 radical (unpaired) electrons. The first-order valence-corrected chi connectivity index (χ1v) is 12.2. The van der Waals surface area contributed by atoms with Crippen molar-refractivity contribution < 1.29 is 23.4 Å². The van der Waals surface area contributed by atoms with Crippen LogP contribution >= 0.6 is 56.9 Å². The van der Waals surface area contributed by atoms with Crippen LogP contribution in [0.1, 0.15) is 11.1 Å². The van der Waals surface area contributed by atoms with Crippen LogP contribution in [0.4, 0.5) is 4.39 Å². The van der Waals surface area contributed by atoms with Crippen molar-refractivity contribution >= 4 is 80.1 Å². The molecule has 1 heterocycles. The van der Waals surface area contributed by atoms with E-state index in [4.69, 9.17) is 9.15 Å². The van der Waals surface area contributed by atoms with Crippen LogP contribution in [0.3, 0.4) is 0 Å². The number of thioether (sulfide) groups is 1. The molecule has 1 N–H and O–H groups in total. The predicted molar refractivity (Wildman–Crippen MR) is 138 cm³/mol. The van der Waals surface area contributed by atoms with Crippen molar-refractivity contribution in [2.75, 3.05) is 0 Å². The largest absolute Gasteiger partial charge is 0.487 e. The van der Waals surface area contributed by atoms with Gasteiger partial charge in [0.2, 0.25) is 0 Å². The average Bonchev–Trinajstić information content (AvgIpc) is 3.16. The van der Waals surface area contributed by atoms with Gasteiger partial charge in [-0.25, -0.2) is 14.2 Å². The number of oxazole rings is 1. The Balaban J connectivity index is 1.67. The predicted octanol–water partition coefficient (Wildman–Crippen LogP) is 6.97. The molecule has 0 atom stereocenters. The Morgan fingerprint density at radius 2 is 1.91 bits per heavy atom. The minimum Gasteiger partial charge on any atom is -0.487 e. The van der Waals surface area contributed by atoms with Gasteiger partial charge in [-0.3, -0.25) is 0 Å². The summed E-state index contributed by atoms with van der Waals surface area (Å²) in [5.41, 5.74) is 2.21. The van der Waals surface area contributed by atoms with Crippen molar-refractivity contribution in [3.05, 3.63) is 89.7 Å². The van der Waals surface area contributed by atoms with Crippen LogP contribution in [-0.2, 0) is 11.4 Å². The third kappa shape index (κ3) is 5.44. The van der Waals surface area contributed by atoms with E-state index < -0.39 is 5.97 Å². The highest BCUT2D eigenvalue weighted by molar-refractivity contribution is 14.1. The SMILES string of the molecule is O=C(O)/C(=C/c1cc(I)cc(I)c1OCc1ccccc1F)Sc1nc2ccccc2o1. The zero-order chi connectivity index (χ0) is 22.7. The van der Waals surface area contributed by atoms with Gasteiger partial charge in [0.15, 0.2) is 5.58 Å². The molecule has 0 unspecified atom stereocenters. The standard InChI is InChI=1S/C23H14FI2NO4S/c24-16-6-2-1-5-13(16)12-30-21-14(9-15(25)11-17(21)26)10-20(22(28)29)32-23-27-18-7-3-4-8-19(18)31-23/h1-11H,12H2,(H,28,29)/b20-10-. The summed E-state index contributed by atoms with van der Waals surface area (Å²) in [5, 5.41) is 10.0. The van der Waals surface area contributed by atoms with Crippen molar-refractivity contribution in [1.82, 2.24) is 4.98 Å². The average molecular weight is 673 g/mol. The van der Waals surface area contributed by atoms with E-state index in [1.165, 1.54) is 12.1 Å². The number of carbonyl (C=O) groups is 1. The summed E-state index contributed by atoms with van der Waals surface area (Å²) in [6.07, 6.45) is 1.52. The maximum absolute atomic E-state index is 14.0. The summed E-state index contributed by atoms with van der Waals surface area (Å²) >= 11 is 5.20. The first kappa shape index (κ1) is 23.1. The Morgan fingerprint density at radius 3 is 2.66 bits per heavy atom. The summed E-state index contributed by atoms with van der Waals surface area (Å²) in [5.74, 6) is -1.000. The summed E-state index contributed by atoms with van der Waals surface area (Å²) in [6.45, 7) is 0.0186. The van der Waals surface area contributed by atoms with E-state index in [0.717, 1.165) is 18.9 Å². The molecule has 32 heavy (non-hydrogen) atoms. The molecular formula is C23H14FI2NO4S. The lowest BCUT2D eigenvalue weighted by atomic mass is 10.2. The van der Waals surface area contributed by atoms with Gasteiger partial charge in [-0.2, -0.15) is 0 Å². The van der Waals surface area contributed by atoms with E-state index in [1.807, 2.05) is 24.3 Å². The van der Waals surface area contributed by atoms with Crippen LogP contribution in [0.2, 0.25) is 0 Å². The summed E-state index contributed by atoms with van der Waals surface area (Å²) in [4.78, 5) is 16.3. The van der Waals surface area contributed by atoms with Crippen molar-refractivity contribution in [3.8, 4) is 5.75 Å². The number of hydrogen-bond donors (Lipinski definition) is 1. The van der Waals surface area contributed by atoms with Crippen molar-refractivity contribution in [2.24, 2.45) is 0 Å². The van der Waals surface area contributed by atoms with E-state index in [0.29, 0.717) is 28.0 Å². The smallest absolute Gasteiger partial charge is 0.342 e. The van der Waals surface area contributed by atoms with Gasteiger partial charge >= 0.3 is 5.97 Å². The van der Waals surface area contributed by atoms with Crippen LogP contribution in [0, 0.1) is 13.0 Å². The van der Waals surface area contributed by atoms with Crippen molar-refractivity contribution in [2.45, 2.75) is 11.8 Å². The lowest BCUT2D eigenvalue weighted by Crippen LogP contribution is -2.03. The Kier molecular flexibility index (Phi) is 7.36. The molecule has 1 aromatic heterocycles. The van der Waals surface area contributed by atoms with Gasteiger partial charge in [0, 0.05) is 14.7 Å². The molecule has 0 aliphatic rings. The third-order valence-electron chi connectivity index (χ3n) is 4.34. The molecule has 5 nitrogen and oxygen atoms in total. The highest BCUT2D eigenvalue weighted by Gasteiger charge is 2.18. The number of hydrogen-bond acceptors (Lipinski definition) is 5. The number of aromatic nitrogens is 1. The second-order valence-electron chi connectivity index (χ2n) is 6.55. The van der Waals surface area contributed by atoms with Gasteiger partial charge < -0.3 is 14.3 Å². The molecule has 4 rings (SSSR count). The lowest BCUT2D eigenvalue weighted by molar-refractivity contribution is -0.131. The molecule has 3 aromatic carbocycles. The molecule has 4 aromatic rings. The Labute approximate surface area is 214 Å². The van der Waals surface area contributed by atoms with Gasteiger partial charge in [0.05, 0.1) is 3.57 Å². The van der Waals surface area contributed by atoms with E-state index in [9.17, 15) is 14.3 Å². The van der Waals surface area contributed by atoms with Crippen molar-refractivity contribution in [3.63, 3.8) is 0 Å². The Morgan fingerprint density at radius 1 is 1.16 bits per heavy atom.